The van der Waals surface area contributed by atoms with Crippen LogP contribution in [0.5, 0.6) is 0 Å². The number of nitrogens with one attached hydrogen (secondary N) is 2. The van der Waals surface area contributed by atoms with Gasteiger partial charge in [-0.1, -0.05) is 60.7 Å². The van der Waals surface area contributed by atoms with Crippen molar-refractivity contribution in [2.75, 3.05) is 4.90 Å². The maximum Gasteiger partial charge on any atom is 0.315 e. The Morgan fingerprint density at radius 2 is 1.50 bits per heavy atom. The number of benzene rings is 3. The first-order chi connectivity index (χ1) is 14.6. The van der Waals surface area contributed by atoms with Gasteiger partial charge in [-0.3, -0.25) is 4.79 Å². The molecule has 30 heavy (non-hydrogen) atoms. The fraction of sp³-hybridized carbons (Fsp3) is 0.200. The van der Waals surface area contributed by atoms with Gasteiger partial charge in [0.15, 0.2) is 0 Å². The van der Waals surface area contributed by atoms with Crippen LogP contribution < -0.4 is 15.5 Å². The van der Waals surface area contributed by atoms with Crippen LogP contribution >= 0.6 is 0 Å². The highest BCUT2D eigenvalue weighted by molar-refractivity contribution is 6.07. The van der Waals surface area contributed by atoms with Crippen LogP contribution in [0.3, 0.4) is 0 Å². The number of urea groups is 1. The number of carbonyl (C=O) groups is 2. The summed E-state index contributed by atoms with van der Waals surface area (Å²) in [4.78, 5) is 27.1. The lowest BCUT2D eigenvalue weighted by molar-refractivity contribution is 0.0981. The predicted molar refractivity (Wildman–Crippen MR) is 118 cm³/mol. The van der Waals surface area contributed by atoms with Crippen molar-refractivity contribution >= 4 is 17.6 Å². The topological polar surface area (TPSA) is 61.4 Å². The van der Waals surface area contributed by atoms with Crippen molar-refractivity contribution in [2.45, 2.75) is 32.5 Å². The van der Waals surface area contributed by atoms with Gasteiger partial charge in [0.05, 0.1) is 0 Å². The monoisotopic (exact) mass is 399 g/mol. The van der Waals surface area contributed by atoms with E-state index < -0.39 is 0 Å². The largest absolute Gasteiger partial charge is 0.334 e. The first kappa shape index (κ1) is 19.7. The summed E-state index contributed by atoms with van der Waals surface area (Å²) in [5, 5.41) is 5.76. The Morgan fingerprint density at radius 1 is 0.867 bits per heavy atom. The molecule has 0 aromatic heterocycles. The third-order valence-corrected chi connectivity index (χ3v) is 5.35. The second-order valence-corrected chi connectivity index (χ2v) is 7.58. The molecule has 0 saturated heterocycles. The quantitative estimate of drug-likeness (QED) is 0.673. The van der Waals surface area contributed by atoms with Crippen LogP contribution in [0.25, 0.3) is 0 Å². The van der Waals surface area contributed by atoms with Crippen LogP contribution in [-0.4, -0.2) is 18.0 Å². The van der Waals surface area contributed by atoms with Gasteiger partial charge in [-0.05, 0) is 48.2 Å². The van der Waals surface area contributed by atoms with Crippen LogP contribution in [0.4, 0.5) is 10.5 Å². The molecule has 1 unspecified atom stereocenters. The summed E-state index contributed by atoms with van der Waals surface area (Å²) in [7, 11) is 0. The van der Waals surface area contributed by atoms with Crippen LogP contribution in [0.1, 0.15) is 34.0 Å². The molecule has 152 valence electrons. The minimum Gasteiger partial charge on any atom is -0.334 e. The highest BCUT2D eigenvalue weighted by Gasteiger charge is 2.31. The number of carbonyl (C=O) groups excluding carboxylic acids is 2. The molecule has 0 spiro atoms. The molecule has 0 aliphatic carbocycles. The van der Waals surface area contributed by atoms with Gasteiger partial charge in [0.2, 0.25) is 0 Å². The van der Waals surface area contributed by atoms with E-state index in [4.69, 9.17) is 0 Å². The number of nitrogens with zero attached hydrogens (tertiary/aromatic N) is 1. The van der Waals surface area contributed by atoms with Crippen molar-refractivity contribution in [3.63, 3.8) is 0 Å². The highest BCUT2D eigenvalue weighted by Crippen LogP contribution is 2.34. The lowest BCUT2D eigenvalue weighted by Gasteiger charge is -2.23. The molecule has 4 rings (SSSR count). The third kappa shape index (κ3) is 4.35. The molecule has 0 bridgehead atoms. The van der Waals surface area contributed by atoms with Gasteiger partial charge in [-0.25, -0.2) is 4.79 Å². The van der Waals surface area contributed by atoms with E-state index in [-0.39, 0.29) is 18.0 Å². The molecule has 2 N–H and O–H groups in total. The van der Waals surface area contributed by atoms with E-state index >= 15 is 0 Å². The first-order valence-corrected chi connectivity index (χ1v) is 10.2. The van der Waals surface area contributed by atoms with Crippen molar-refractivity contribution in [1.82, 2.24) is 10.6 Å². The first-order valence-electron chi connectivity index (χ1n) is 10.2. The smallest absolute Gasteiger partial charge is 0.315 e. The van der Waals surface area contributed by atoms with E-state index in [9.17, 15) is 9.59 Å². The maximum atomic E-state index is 13.1. The van der Waals surface area contributed by atoms with E-state index in [0.29, 0.717) is 18.7 Å². The molecule has 3 aromatic rings. The van der Waals surface area contributed by atoms with Crippen LogP contribution in [0.15, 0.2) is 78.9 Å². The maximum absolute atomic E-state index is 13.1. The van der Waals surface area contributed by atoms with Crippen molar-refractivity contribution in [3.05, 3.63) is 101 Å². The fourth-order valence-electron chi connectivity index (χ4n) is 3.82. The van der Waals surface area contributed by atoms with Gasteiger partial charge in [0.25, 0.3) is 5.91 Å². The molecule has 0 fully saturated rings. The molecular formula is C25H25N3O2. The Morgan fingerprint density at radius 3 is 2.20 bits per heavy atom. The van der Waals surface area contributed by atoms with E-state index in [1.54, 1.807) is 0 Å². The van der Waals surface area contributed by atoms with Crippen molar-refractivity contribution in [2.24, 2.45) is 0 Å². The zero-order chi connectivity index (χ0) is 20.9. The molecule has 1 aliphatic heterocycles. The summed E-state index contributed by atoms with van der Waals surface area (Å²) in [6.07, 6.45) is 0.833. The molecule has 5 nitrogen and oxygen atoms in total. The van der Waals surface area contributed by atoms with Crippen molar-refractivity contribution < 1.29 is 9.59 Å². The molecule has 3 aromatic carbocycles. The van der Waals surface area contributed by atoms with Crippen molar-refractivity contribution in [3.8, 4) is 0 Å². The van der Waals surface area contributed by atoms with Crippen LogP contribution in [-0.2, 0) is 19.5 Å². The Kier molecular flexibility index (Phi) is 5.80. The zero-order valence-corrected chi connectivity index (χ0v) is 17.0. The van der Waals surface area contributed by atoms with Gasteiger partial charge < -0.3 is 15.5 Å². The molecule has 1 atom stereocenters. The minimum atomic E-state index is -0.218. The third-order valence-electron chi connectivity index (χ3n) is 5.35. The SMILES string of the molecule is CC1Cc2ccc(CNC(=O)NCc3ccccc3)cc2N1C(=O)c1ccccc1. The summed E-state index contributed by atoms with van der Waals surface area (Å²) < 4.78 is 0. The molecule has 5 heteroatoms. The van der Waals surface area contributed by atoms with E-state index in [1.807, 2.05) is 77.7 Å². The van der Waals surface area contributed by atoms with Gasteiger partial charge >= 0.3 is 6.03 Å². The molecule has 1 aliphatic rings. The minimum absolute atomic E-state index is 0.00700. The van der Waals surface area contributed by atoms with E-state index in [0.717, 1.165) is 28.8 Å². The van der Waals surface area contributed by atoms with Crippen LogP contribution in [0, 0.1) is 0 Å². The van der Waals surface area contributed by atoms with Gasteiger partial charge in [0.1, 0.15) is 0 Å². The summed E-state index contributed by atoms with van der Waals surface area (Å²) >= 11 is 0. The number of fused-ring (bicyclic) bond motifs is 1. The van der Waals surface area contributed by atoms with Gasteiger partial charge in [0, 0.05) is 30.4 Å². The Labute approximate surface area is 176 Å². The fourth-order valence-corrected chi connectivity index (χ4v) is 3.82. The number of hydrogen-bond acceptors (Lipinski definition) is 2. The molecular weight excluding hydrogens is 374 g/mol. The number of rotatable bonds is 5. The van der Waals surface area contributed by atoms with Gasteiger partial charge in [-0.15, -0.1) is 0 Å². The van der Waals surface area contributed by atoms with E-state index in [2.05, 4.69) is 23.6 Å². The second-order valence-electron chi connectivity index (χ2n) is 7.58. The summed E-state index contributed by atoms with van der Waals surface area (Å²) in [5.41, 5.74) is 4.78. The Bertz CT molecular complexity index is 1030. The molecule has 1 heterocycles. The summed E-state index contributed by atoms with van der Waals surface area (Å²) in [5.74, 6) is 0.00700. The van der Waals surface area contributed by atoms with Gasteiger partial charge in [-0.2, -0.15) is 0 Å². The zero-order valence-electron chi connectivity index (χ0n) is 17.0. The molecule has 0 radical (unpaired) electrons. The Hall–Kier alpha value is -3.60. The second kappa shape index (κ2) is 8.82. The highest BCUT2D eigenvalue weighted by atomic mass is 16.2. The number of amides is 3. The standard InChI is InChI=1S/C25H25N3O2/c1-18-14-22-13-12-20(17-27-25(30)26-16-19-8-4-2-5-9-19)15-23(22)28(18)24(29)21-10-6-3-7-11-21/h2-13,15,18H,14,16-17H2,1H3,(H2,26,27,30). The molecule has 3 amide bonds. The summed E-state index contributed by atoms with van der Waals surface area (Å²) in [6, 6.07) is 25.1. The normalized spacial score (nSPS) is 14.8. The lowest BCUT2D eigenvalue weighted by atomic mass is 10.1. The predicted octanol–water partition coefficient (Wildman–Crippen LogP) is 4.28. The average Bonchev–Trinajstić information content (AvgIpc) is 3.12. The number of hydrogen-bond donors (Lipinski definition) is 2. The lowest BCUT2D eigenvalue weighted by Crippen LogP contribution is -2.36. The summed E-state index contributed by atoms with van der Waals surface area (Å²) in [6.45, 7) is 2.94. The number of anilines is 1. The van der Waals surface area contributed by atoms with Crippen LogP contribution in [0.2, 0.25) is 0 Å². The van der Waals surface area contributed by atoms with E-state index in [1.165, 1.54) is 0 Å². The molecule has 0 saturated carbocycles. The average molecular weight is 399 g/mol. The van der Waals surface area contributed by atoms with Crippen molar-refractivity contribution in [1.29, 1.82) is 0 Å². The Balaban J connectivity index is 1.41.